The molecule has 0 radical (unpaired) electrons. The quantitative estimate of drug-likeness (QED) is 0.561. The van der Waals surface area contributed by atoms with E-state index in [0.717, 1.165) is 40.9 Å². The van der Waals surface area contributed by atoms with Gasteiger partial charge in [0.05, 0.1) is 5.52 Å². The summed E-state index contributed by atoms with van der Waals surface area (Å²) < 4.78 is 7.37. The number of likely N-dealkylation sites (tertiary alicyclic amines) is 1. The van der Waals surface area contributed by atoms with Crippen molar-refractivity contribution in [2.45, 2.75) is 12.3 Å². The zero-order chi connectivity index (χ0) is 18.4. The number of amides is 1. The van der Waals surface area contributed by atoms with Crippen molar-refractivity contribution in [3.8, 4) is 22.4 Å². The van der Waals surface area contributed by atoms with Crippen LogP contribution in [0.2, 0.25) is 0 Å². The minimum Gasteiger partial charge on any atom is -0.360 e. The molecule has 1 fully saturated rings. The summed E-state index contributed by atoms with van der Waals surface area (Å²) in [5, 5.41) is 8.53. The average molecular weight is 358 g/mol. The van der Waals surface area contributed by atoms with Crippen LogP contribution in [-0.4, -0.2) is 39.2 Å². The van der Waals surface area contributed by atoms with E-state index >= 15 is 0 Å². The van der Waals surface area contributed by atoms with Crippen molar-refractivity contribution < 1.29 is 9.32 Å². The van der Waals surface area contributed by atoms with Gasteiger partial charge in [-0.2, -0.15) is 5.10 Å². The molecule has 1 saturated heterocycles. The van der Waals surface area contributed by atoms with Crippen molar-refractivity contribution in [3.63, 3.8) is 0 Å². The van der Waals surface area contributed by atoms with E-state index in [0.29, 0.717) is 5.76 Å². The number of hydrogen-bond acceptors (Lipinski definition) is 4. The third-order valence-corrected chi connectivity index (χ3v) is 5.21. The normalized spacial score (nSPS) is 17.1. The lowest BCUT2D eigenvalue weighted by Gasteiger charge is -2.06. The first-order valence-electron chi connectivity index (χ1n) is 8.95. The fraction of sp³-hybridized carbons (Fsp3) is 0.190. The summed E-state index contributed by atoms with van der Waals surface area (Å²) in [5.41, 5.74) is 4.96. The maximum Gasteiger partial charge on any atom is 0.233 e. The summed E-state index contributed by atoms with van der Waals surface area (Å²) >= 11 is 0. The third-order valence-electron chi connectivity index (χ3n) is 5.21. The Balaban J connectivity index is 1.51. The zero-order valence-corrected chi connectivity index (χ0v) is 14.9. The second-order valence-electron chi connectivity index (χ2n) is 6.88. The lowest BCUT2D eigenvalue weighted by atomic mass is 10.0. The van der Waals surface area contributed by atoms with Gasteiger partial charge in [-0.15, -0.1) is 0 Å². The maximum atomic E-state index is 12.2. The minimum atomic E-state index is -0.221. The number of rotatable bonds is 3. The molecular weight excluding hydrogens is 340 g/mol. The summed E-state index contributed by atoms with van der Waals surface area (Å²) in [6.07, 6.45) is 4.49. The predicted molar refractivity (Wildman–Crippen MR) is 101 cm³/mol. The van der Waals surface area contributed by atoms with Crippen LogP contribution in [0.4, 0.5) is 0 Å². The molecule has 4 aromatic rings. The van der Waals surface area contributed by atoms with Crippen LogP contribution in [0.25, 0.3) is 27.9 Å². The molecule has 1 amide bonds. The predicted octanol–water partition coefficient (Wildman–Crippen LogP) is 3.60. The van der Waals surface area contributed by atoms with Crippen LogP contribution in [0.15, 0.2) is 65.4 Å². The van der Waals surface area contributed by atoms with Gasteiger partial charge in [-0.1, -0.05) is 23.4 Å². The molecule has 1 aromatic carbocycles. The summed E-state index contributed by atoms with van der Waals surface area (Å²) in [6.45, 7) is 0.755. The smallest absolute Gasteiger partial charge is 0.233 e. The highest BCUT2D eigenvalue weighted by atomic mass is 16.5. The van der Waals surface area contributed by atoms with Gasteiger partial charge in [0.25, 0.3) is 0 Å². The number of hydrogen-bond donors (Lipinski definition) is 0. The van der Waals surface area contributed by atoms with E-state index in [-0.39, 0.29) is 11.8 Å². The van der Waals surface area contributed by atoms with Crippen molar-refractivity contribution in [2.75, 3.05) is 13.6 Å². The van der Waals surface area contributed by atoms with Gasteiger partial charge in [0.2, 0.25) is 5.91 Å². The number of likely N-dealkylation sites (N-methyl/N-ethyl adjacent to an activating group) is 1. The molecule has 6 nitrogen and oxygen atoms in total. The Kier molecular flexibility index (Phi) is 3.57. The number of benzene rings is 1. The van der Waals surface area contributed by atoms with Gasteiger partial charge >= 0.3 is 0 Å². The minimum absolute atomic E-state index is 0.0965. The van der Waals surface area contributed by atoms with Crippen LogP contribution in [0.5, 0.6) is 0 Å². The summed E-state index contributed by atoms with van der Waals surface area (Å²) in [5.74, 6) is 0.517. The first-order valence-corrected chi connectivity index (χ1v) is 8.95. The molecule has 0 N–H and O–H groups in total. The van der Waals surface area contributed by atoms with E-state index in [1.807, 2.05) is 48.1 Å². The molecule has 1 atom stereocenters. The van der Waals surface area contributed by atoms with Crippen LogP contribution < -0.4 is 0 Å². The Morgan fingerprint density at radius 1 is 1.11 bits per heavy atom. The fourth-order valence-corrected chi connectivity index (χ4v) is 3.71. The number of carbonyl (C=O) groups is 1. The van der Waals surface area contributed by atoms with Crippen molar-refractivity contribution in [3.05, 3.63) is 66.7 Å². The largest absolute Gasteiger partial charge is 0.360 e. The second-order valence-corrected chi connectivity index (χ2v) is 6.88. The molecule has 27 heavy (non-hydrogen) atoms. The number of nitrogens with zero attached hydrogens (tertiary/aromatic N) is 4. The van der Waals surface area contributed by atoms with Crippen LogP contribution in [0, 0.1) is 0 Å². The molecule has 6 heteroatoms. The highest BCUT2D eigenvalue weighted by Crippen LogP contribution is 2.33. The van der Waals surface area contributed by atoms with Crippen LogP contribution in [0.1, 0.15) is 18.1 Å². The van der Waals surface area contributed by atoms with E-state index in [1.54, 1.807) is 11.1 Å². The molecule has 5 rings (SSSR count). The van der Waals surface area contributed by atoms with Crippen molar-refractivity contribution in [1.82, 2.24) is 19.7 Å². The SMILES string of the molecule is CN1CCC(c2cc(-c3cccc(-c4ccn5ncccc45)c3)no2)C1=O. The first kappa shape index (κ1) is 15.8. The molecule has 1 aliphatic heterocycles. The van der Waals surface area contributed by atoms with Gasteiger partial charge in [-0.05, 0) is 36.2 Å². The first-order chi connectivity index (χ1) is 13.2. The Morgan fingerprint density at radius 3 is 2.85 bits per heavy atom. The molecule has 0 bridgehead atoms. The van der Waals surface area contributed by atoms with Gasteiger partial charge in [-0.25, -0.2) is 4.52 Å². The van der Waals surface area contributed by atoms with Gasteiger partial charge in [-0.3, -0.25) is 4.79 Å². The molecule has 4 heterocycles. The Hall–Kier alpha value is -3.41. The molecule has 3 aromatic heterocycles. The average Bonchev–Trinajstić information content (AvgIpc) is 3.42. The summed E-state index contributed by atoms with van der Waals surface area (Å²) in [6, 6.07) is 16.1. The monoisotopic (exact) mass is 358 g/mol. The molecular formula is C21H18N4O2. The summed E-state index contributed by atoms with van der Waals surface area (Å²) in [4.78, 5) is 14.0. The molecule has 0 aliphatic carbocycles. The molecule has 0 spiro atoms. The van der Waals surface area contributed by atoms with E-state index in [1.165, 1.54) is 0 Å². The standard InChI is InChI=1S/C21H18N4O2/c1-24-10-7-17(21(24)26)20-13-18(23-27-20)15-5-2-4-14(12-15)16-8-11-25-19(16)6-3-9-22-25/h2-6,8-9,11-13,17H,7,10H2,1H3. The van der Waals surface area contributed by atoms with Gasteiger partial charge in [0.15, 0.2) is 0 Å². The summed E-state index contributed by atoms with van der Waals surface area (Å²) in [7, 11) is 1.82. The van der Waals surface area contributed by atoms with Gasteiger partial charge in [0.1, 0.15) is 17.4 Å². The Bertz CT molecular complexity index is 1140. The van der Waals surface area contributed by atoms with E-state index < -0.39 is 0 Å². The van der Waals surface area contributed by atoms with E-state index in [2.05, 4.69) is 28.5 Å². The fourth-order valence-electron chi connectivity index (χ4n) is 3.71. The van der Waals surface area contributed by atoms with Crippen LogP contribution in [0.3, 0.4) is 0 Å². The molecule has 0 saturated carbocycles. The third kappa shape index (κ3) is 2.61. The highest BCUT2D eigenvalue weighted by Gasteiger charge is 2.33. The van der Waals surface area contributed by atoms with Gasteiger partial charge in [0, 0.05) is 43.2 Å². The van der Waals surface area contributed by atoms with Crippen molar-refractivity contribution in [2.24, 2.45) is 0 Å². The van der Waals surface area contributed by atoms with Crippen molar-refractivity contribution >= 4 is 11.4 Å². The second kappa shape index (κ2) is 6.09. The topological polar surface area (TPSA) is 63.6 Å². The molecule has 134 valence electrons. The maximum absolute atomic E-state index is 12.2. The van der Waals surface area contributed by atoms with Crippen LogP contribution >= 0.6 is 0 Å². The van der Waals surface area contributed by atoms with E-state index in [9.17, 15) is 4.79 Å². The molecule has 1 unspecified atom stereocenters. The Labute approximate surface area is 156 Å². The lowest BCUT2D eigenvalue weighted by molar-refractivity contribution is -0.128. The lowest BCUT2D eigenvalue weighted by Crippen LogP contribution is -2.21. The van der Waals surface area contributed by atoms with Gasteiger partial charge < -0.3 is 9.42 Å². The number of fused-ring (bicyclic) bond motifs is 1. The number of carbonyl (C=O) groups excluding carboxylic acids is 1. The highest BCUT2D eigenvalue weighted by molar-refractivity contribution is 5.85. The van der Waals surface area contributed by atoms with Crippen molar-refractivity contribution in [1.29, 1.82) is 0 Å². The molecule has 1 aliphatic rings. The Morgan fingerprint density at radius 2 is 2.00 bits per heavy atom. The zero-order valence-electron chi connectivity index (χ0n) is 14.9. The number of aromatic nitrogens is 3. The van der Waals surface area contributed by atoms with E-state index in [4.69, 9.17) is 4.52 Å². The van der Waals surface area contributed by atoms with Crippen LogP contribution in [-0.2, 0) is 4.79 Å².